The van der Waals surface area contributed by atoms with Gasteiger partial charge in [0.05, 0.1) is 66.9 Å². The number of fused-ring (bicyclic) bond motifs is 2. The number of pyridine rings is 2. The second-order valence-electron chi connectivity index (χ2n) is 15.2. The molecule has 0 radical (unpaired) electrons. The number of H-pyrrole nitrogens is 2. The molecule has 0 atom stereocenters. The first-order valence-corrected chi connectivity index (χ1v) is 19.5. The maximum absolute atomic E-state index is 14.7. The van der Waals surface area contributed by atoms with E-state index in [0.717, 1.165) is 68.8 Å². The number of hydrogen-bond acceptors (Lipinski definition) is 8. The van der Waals surface area contributed by atoms with E-state index in [1.165, 1.54) is 23.2 Å². The fraction of sp³-hybridized carbons (Fsp3) is 0.0851. The summed E-state index contributed by atoms with van der Waals surface area (Å²) >= 11 is 0. The van der Waals surface area contributed by atoms with E-state index >= 15 is 0 Å². The highest BCUT2D eigenvalue weighted by Crippen LogP contribution is 2.25. The van der Waals surface area contributed by atoms with Gasteiger partial charge in [-0.25, -0.2) is 28.5 Å². The molecule has 0 saturated heterocycles. The molecule has 8 rings (SSSR count). The van der Waals surface area contributed by atoms with E-state index in [-0.39, 0.29) is 55.7 Å². The zero-order valence-electron chi connectivity index (χ0n) is 34.6. The van der Waals surface area contributed by atoms with Crippen molar-refractivity contribution >= 4 is 58.1 Å². The zero-order valence-corrected chi connectivity index (χ0v) is 34.6. The highest BCUT2D eigenvalue weighted by Gasteiger charge is 2.25. The van der Waals surface area contributed by atoms with Gasteiger partial charge < -0.3 is 20.4 Å². The number of rotatable bonds is 10. The molecular weight excluding hydrogens is 841 g/mol. The standard InChI is InChI=1S/C47H34N6O12/c1-22-8-12-30(13-9-22)52-42(56)36-24(3)34(40(54)50(38(36)48-52)32-18-26(44(58)59)16-27(19-32)45(60)61)6-5-7-35-25(4)37-39(49-53(43(37)57)31-14-10-23(2)11-15-31)51(41(35)55)33-20-28(46(62)63)17-29(21-33)47(64)65/h6-21,48-49H,1-4H3,(H,58,59)(H,60,61)(H,62,63)(H,64,65). The lowest BCUT2D eigenvalue weighted by Gasteiger charge is -2.13. The molecule has 4 aromatic carbocycles. The Morgan fingerprint density at radius 3 is 1.06 bits per heavy atom. The van der Waals surface area contributed by atoms with Gasteiger partial charge in [-0.15, -0.1) is 5.73 Å². The van der Waals surface area contributed by atoms with Crippen molar-refractivity contribution in [1.29, 1.82) is 0 Å². The Morgan fingerprint density at radius 1 is 0.462 bits per heavy atom. The predicted octanol–water partition coefficient (Wildman–Crippen LogP) is 5.60. The molecule has 0 saturated carbocycles. The Bertz CT molecular complexity index is 3410. The molecule has 0 unspecified atom stereocenters. The lowest BCUT2D eigenvalue weighted by Crippen LogP contribution is -2.24. The number of carboxylic acids is 4. The number of aromatic carboxylic acids is 4. The molecule has 324 valence electrons. The second-order valence-corrected chi connectivity index (χ2v) is 15.2. The van der Waals surface area contributed by atoms with Gasteiger partial charge in [0.1, 0.15) is 11.3 Å². The minimum Gasteiger partial charge on any atom is -0.478 e. The molecule has 0 aliphatic carbocycles. The van der Waals surface area contributed by atoms with Gasteiger partial charge in [-0.1, -0.05) is 35.4 Å². The number of benzene rings is 4. The van der Waals surface area contributed by atoms with Crippen molar-refractivity contribution in [2.45, 2.75) is 27.7 Å². The highest BCUT2D eigenvalue weighted by molar-refractivity contribution is 5.96. The van der Waals surface area contributed by atoms with Gasteiger partial charge in [0.2, 0.25) is 0 Å². The van der Waals surface area contributed by atoms with Crippen LogP contribution in [0.15, 0.2) is 110 Å². The van der Waals surface area contributed by atoms with E-state index in [4.69, 9.17) is 0 Å². The molecule has 0 spiro atoms. The van der Waals surface area contributed by atoms with E-state index in [2.05, 4.69) is 15.9 Å². The summed E-state index contributed by atoms with van der Waals surface area (Å²) in [6, 6.07) is 19.8. The molecule has 6 N–H and O–H groups in total. The van der Waals surface area contributed by atoms with Gasteiger partial charge in [-0.2, -0.15) is 0 Å². The molecule has 8 aromatic rings. The van der Waals surface area contributed by atoms with Crippen molar-refractivity contribution in [2.75, 3.05) is 0 Å². The Labute approximate surface area is 363 Å². The monoisotopic (exact) mass is 874 g/mol. The van der Waals surface area contributed by atoms with Crippen LogP contribution in [0.4, 0.5) is 0 Å². The van der Waals surface area contributed by atoms with Crippen LogP contribution in [0.3, 0.4) is 0 Å². The van der Waals surface area contributed by atoms with E-state index in [1.807, 2.05) is 13.8 Å². The molecule has 65 heavy (non-hydrogen) atoms. The summed E-state index contributed by atoms with van der Waals surface area (Å²) in [5, 5.41) is 45.3. The van der Waals surface area contributed by atoms with Crippen LogP contribution in [-0.4, -0.2) is 73.0 Å². The van der Waals surface area contributed by atoms with Gasteiger partial charge in [0, 0.05) is 0 Å². The number of aromatic amines is 2. The van der Waals surface area contributed by atoms with Crippen LogP contribution in [0.1, 0.15) is 74.8 Å². The maximum atomic E-state index is 14.7. The summed E-state index contributed by atoms with van der Waals surface area (Å²) in [4.78, 5) is 106. The molecule has 0 bridgehead atoms. The number of aryl methyl sites for hydroxylation is 4. The summed E-state index contributed by atoms with van der Waals surface area (Å²) in [7, 11) is 0. The average Bonchev–Trinajstić information content (AvgIpc) is 3.79. The largest absolute Gasteiger partial charge is 0.478 e. The molecule has 0 aliphatic rings. The number of carboxylic acid groups (broad SMARTS) is 4. The minimum absolute atomic E-state index is 0.0349. The fourth-order valence-corrected chi connectivity index (χ4v) is 7.65. The van der Waals surface area contributed by atoms with E-state index in [1.54, 1.807) is 48.5 Å². The summed E-state index contributed by atoms with van der Waals surface area (Å²) < 4.78 is 4.28. The van der Waals surface area contributed by atoms with Gasteiger partial charge in [0.15, 0.2) is 0 Å². The lowest BCUT2D eigenvalue weighted by molar-refractivity contribution is 0.0676. The number of hydrogen-bond donors (Lipinski definition) is 6. The van der Waals surface area contributed by atoms with E-state index < -0.39 is 68.4 Å². The number of nitrogens with one attached hydrogen (secondary N) is 2. The average molecular weight is 875 g/mol. The quantitative estimate of drug-likeness (QED) is 0.0917. The van der Waals surface area contributed by atoms with Crippen LogP contribution in [-0.2, 0) is 0 Å². The van der Waals surface area contributed by atoms with Crippen molar-refractivity contribution in [3.05, 3.63) is 188 Å². The molecule has 0 fully saturated rings. The van der Waals surface area contributed by atoms with Crippen LogP contribution in [0, 0.1) is 27.7 Å². The van der Waals surface area contributed by atoms with Gasteiger partial charge >= 0.3 is 23.9 Å². The summed E-state index contributed by atoms with van der Waals surface area (Å²) in [6.45, 7) is 6.67. The number of aromatic nitrogens is 6. The van der Waals surface area contributed by atoms with Crippen LogP contribution >= 0.6 is 0 Å². The molecule has 0 amide bonds. The summed E-state index contributed by atoms with van der Waals surface area (Å²) in [5.74, 6) is -5.95. The third kappa shape index (κ3) is 7.26. The molecule has 18 heteroatoms. The van der Waals surface area contributed by atoms with Crippen molar-refractivity contribution < 1.29 is 39.6 Å². The third-order valence-corrected chi connectivity index (χ3v) is 11.0. The SMILES string of the molecule is Cc1ccc(-n2[nH]c3c(c(C)c(C=C=Cc4c(C)c5c(=O)n(-c6ccc(C)cc6)[nH]c5n(-c5cc(C(=O)O)cc(C(=O)O)c5)c4=O)c(=O)n3-c3cc(C(=O)O)cc(C(=O)O)c3)c2=O)cc1. The minimum atomic E-state index is -1.49. The zero-order chi connectivity index (χ0) is 46.8. The first-order valence-electron chi connectivity index (χ1n) is 19.5. The normalized spacial score (nSPS) is 11.1. The Morgan fingerprint density at radius 2 is 0.769 bits per heavy atom. The molecular formula is C47H34N6O12. The Balaban J connectivity index is 1.43. The summed E-state index contributed by atoms with van der Waals surface area (Å²) in [6.07, 6.45) is 2.33. The van der Waals surface area contributed by atoms with E-state index in [0.29, 0.717) is 11.4 Å². The molecule has 18 nitrogen and oxygen atoms in total. The number of carbonyl (C=O) groups is 4. The topological polar surface area (TPSA) is 269 Å². The first-order chi connectivity index (χ1) is 30.9. The fourth-order valence-electron chi connectivity index (χ4n) is 7.65. The molecule has 4 heterocycles. The second kappa shape index (κ2) is 15.9. The van der Waals surface area contributed by atoms with Crippen LogP contribution in [0.2, 0.25) is 0 Å². The van der Waals surface area contributed by atoms with Crippen molar-refractivity contribution in [3.8, 4) is 22.7 Å². The highest BCUT2D eigenvalue weighted by atomic mass is 16.4. The van der Waals surface area contributed by atoms with Gasteiger partial charge in [-0.3, -0.25) is 38.5 Å². The molecule has 4 aromatic heterocycles. The first kappa shape index (κ1) is 42.4. The van der Waals surface area contributed by atoms with Crippen LogP contribution in [0.25, 0.3) is 57.0 Å². The molecule has 0 aliphatic heterocycles. The lowest BCUT2D eigenvalue weighted by atomic mass is 10.0. The van der Waals surface area contributed by atoms with Crippen molar-refractivity contribution in [2.24, 2.45) is 0 Å². The van der Waals surface area contributed by atoms with Crippen molar-refractivity contribution in [1.82, 2.24) is 28.7 Å². The van der Waals surface area contributed by atoms with Gasteiger partial charge in [0.25, 0.3) is 22.2 Å². The maximum Gasteiger partial charge on any atom is 0.335 e. The third-order valence-electron chi connectivity index (χ3n) is 11.0. The smallest absolute Gasteiger partial charge is 0.335 e. The van der Waals surface area contributed by atoms with Crippen molar-refractivity contribution in [3.63, 3.8) is 0 Å². The Hall–Kier alpha value is -9.28. The summed E-state index contributed by atoms with van der Waals surface area (Å²) in [5.41, 5.74) is -0.115. The number of nitrogens with zero attached hydrogens (tertiary/aromatic N) is 4. The van der Waals surface area contributed by atoms with Gasteiger partial charge in [-0.05, 0) is 112 Å². The predicted molar refractivity (Wildman–Crippen MR) is 238 cm³/mol. The van der Waals surface area contributed by atoms with Crippen LogP contribution < -0.4 is 22.2 Å². The van der Waals surface area contributed by atoms with E-state index in [9.17, 15) is 58.8 Å². The Kier molecular flexibility index (Phi) is 10.4. The van der Waals surface area contributed by atoms with Crippen LogP contribution in [0.5, 0.6) is 0 Å².